The highest BCUT2D eigenvalue weighted by Gasteiger charge is 2.26. The van der Waals surface area contributed by atoms with Gasteiger partial charge in [-0.05, 0) is 13.8 Å². The Morgan fingerprint density at radius 3 is 2.73 bits per heavy atom. The van der Waals surface area contributed by atoms with Gasteiger partial charge in [-0.2, -0.15) is 4.98 Å². The summed E-state index contributed by atoms with van der Waals surface area (Å²) < 4.78 is 4.78. The molecule has 0 aliphatic carbocycles. The molecule has 1 heterocycles. The summed E-state index contributed by atoms with van der Waals surface area (Å²) in [5.74, 6) is 0.206. The van der Waals surface area contributed by atoms with Crippen LogP contribution >= 0.6 is 0 Å². The molecule has 84 valence electrons. The van der Waals surface area contributed by atoms with Crippen molar-refractivity contribution in [1.82, 2.24) is 15.5 Å². The van der Waals surface area contributed by atoms with Crippen LogP contribution in [0.1, 0.15) is 25.6 Å². The summed E-state index contributed by atoms with van der Waals surface area (Å²) in [7, 11) is 0. The summed E-state index contributed by atoms with van der Waals surface area (Å²) >= 11 is 0. The van der Waals surface area contributed by atoms with Gasteiger partial charge in [0.05, 0.1) is 12.0 Å². The van der Waals surface area contributed by atoms with Crippen LogP contribution in [0.2, 0.25) is 0 Å². The van der Waals surface area contributed by atoms with E-state index in [2.05, 4.69) is 15.5 Å². The first-order valence-corrected chi connectivity index (χ1v) is 4.65. The van der Waals surface area contributed by atoms with Gasteiger partial charge in [-0.1, -0.05) is 5.16 Å². The van der Waals surface area contributed by atoms with Crippen LogP contribution in [0.15, 0.2) is 4.52 Å². The van der Waals surface area contributed by atoms with E-state index in [-0.39, 0.29) is 0 Å². The van der Waals surface area contributed by atoms with E-state index in [1.54, 1.807) is 20.8 Å². The minimum absolute atomic E-state index is 0.357. The molecular weight excluding hydrogens is 198 g/mol. The molecule has 0 fully saturated rings. The predicted molar refractivity (Wildman–Crippen MR) is 52.2 cm³/mol. The van der Waals surface area contributed by atoms with Crippen LogP contribution in [0.5, 0.6) is 0 Å². The Morgan fingerprint density at radius 1 is 1.60 bits per heavy atom. The van der Waals surface area contributed by atoms with Crippen LogP contribution in [0.4, 0.5) is 0 Å². The number of hydrogen-bond donors (Lipinski definition) is 2. The van der Waals surface area contributed by atoms with Crippen LogP contribution in [0, 0.1) is 12.3 Å². The Labute approximate surface area is 87.7 Å². The summed E-state index contributed by atoms with van der Waals surface area (Å²) in [6.45, 7) is 5.79. The van der Waals surface area contributed by atoms with E-state index in [0.29, 0.717) is 24.8 Å². The lowest BCUT2D eigenvalue weighted by atomic mass is 9.94. The van der Waals surface area contributed by atoms with Gasteiger partial charge in [0.25, 0.3) is 0 Å². The highest BCUT2D eigenvalue weighted by Crippen LogP contribution is 2.13. The molecule has 0 saturated carbocycles. The molecular formula is C9H15N3O3. The number of carbonyl (C=O) groups is 1. The van der Waals surface area contributed by atoms with Crippen LogP contribution in [-0.4, -0.2) is 27.8 Å². The Hall–Kier alpha value is -1.43. The topological polar surface area (TPSA) is 88.2 Å². The van der Waals surface area contributed by atoms with Crippen LogP contribution in [0.25, 0.3) is 0 Å². The molecule has 0 amide bonds. The minimum atomic E-state index is -0.834. The number of aromatic nitrogens is 2. The fourth-order valence-corrected chi connectivity index (χ4v) is 0.976. The Bertz CT molecular complexity index is 346. The summed E-state index contributed by atoms with van der Waals surface area (Å²) in [6, 6.07) is 0. The first kappa shape index (κ1) is 11.6. The number of carboxylic acid groups (broad SMARTS) is 1. The maximum absolute atomic E-state index is 10.8. The first-order chi connectivity index (χ1) is 6.92. The third-order valence-electron chi connectivity index (χ3n) is 2.00. The lowest BCUT2D eigenvalue weighted by Crippen LogP contribution is -2.35. The summed E-state index contributed by atoms with van der Waals surface area (Å²) in [5.41, 5.74) is -0.793. The van der Waals surface area contributed by atoms with Crippen molar-refractivity contribution in [1.29, 1.82) is 0 Å². The summed E-state index contributed by atoms with van der Waals surface area (Å²) in [5, 5.41) is 15.5. The summed E-state index contributed by atoms with van der Waals surface area (Å²) in [4.78, 5) is 14.8. The molecule has 0 saturated heterocycles. The van der Waals surface area contributed by atoms with Gasteiger partial charge in [-0.3, -0.25) is 4.79 Å². The van der Waals surface area contributed by atoms with Gasteiger partial charge in [-0.15, -0.1) is 0 Å². The average molecular weight is 213 g/mol. The SMILES string of the molecule is Cc1nc(CNCC(C)(C)C(=O)O)no1. The molecule has 1 rings (SSSR count). The second-order valence-corrected chi connectivity index (χ2v) is 4.02. The fourth-order valence-electron chi connectivity index (χ4n) is 0.976. The molecule has 0 atom stereocenters. The standard InChI is InChI=1S/C9H15N3O3/c1-6-11-7(12-15-6)4-10-5-9(2,3)8(13)14/h10H,4-5H2,1-3H3,(H,13,14). The monoisotopic (exact) mass is 213 g/mol. The zero-order chi connectivity index (χ0) is 11.5. The first-order valence-electron chi connectivity index (χ1n) is 4.65. The molecule has 0 aliphatic rings. The maximum atomic E-state index is 10.8. The van der Waals surface area contributed by atoms with Gasteiger partial charge in [0.2, 0.25) is 5.89 Å². The molecule has 6 nitrogen and oxygen atoms in total. The van der Waals surface area contributed by atoms with Crippen LogP contribution in [0.3, 0.4) is 0 Å². The van der Waals surface area contributed by atoms with Crippen molar-refractivity contribution < 1.29 is 14.4 Å². The van der Waals surface area contributed by atoms with Crippen LogP contribution < -0.4 is 5.32 Å². The van der Waals surface area contributed by atoms with Crippen molar-refractivity contribution in [2.24, 2.45) is 5.41 Å². The quantitative estimate of drug-likeness (QED) is 0.743. The molecule has 1 aromatic heterocycles. The zero-order valence-electron chi connectivity index (χ0n) is 9.07. The third kappa shape index (κ3) is 3.32. The van der Waals surface area contributed by atoms with E-state index in [9.17, 15) is 4.79 Å². The number of aliphatic carboxylic acids is 1. The van der Waals surface area contributed by atoms with E-state index < -0.39 is 11.4 Å². The normalized spacial score (nSPS) is 11.7. The van der Waals surface area contributed by atoms with Gasteiger partial charge in [0, 0.05) is 13.5 Å². The number of rotatable bonds is 5. The van der Waals surface area contributed by atoms with Crippen molar-refractivity contribution in [2.45, 2.75) is 27.3 Å². The molecule has 0 aliphatic heterocycles. The van der Waals surface area contributed by atoms with E-state index in [4.69, 9.17) is 9.63 Å². The fraction of sp³-hybridized carbons (Fsp3) is 0.667. The van der Waals surface area contributed by atoms with Crippen molar-refractivity contribution in [2.75, 3.05) is 6.54 Å². The number of carboxylic acids is 1. The number of aryl methyl sites for hydroxylation is 1. The van der Waals surface area contributed by atoms with Crippen molar-refractivity contribution >= 4 is 5.97 Å². The Kier molecular flexibility index (Phi) is 3.41. The van der Waals surface area contributed by atoms with Gasteiger partial charge in [0.1, 0.15) is 0 Å². The highest BCUT2D eigenvalue weighted by atomic mass is 16.5. The van der Waals surface area contributed by atoms with E-state index in [1.165, 1.54) is 0 Å². The third-order valence-corrected chi connectivity index (χ3v) is 2.00. The maximum Gasteiger partial charge on any atom is 0.310 e. The lowest BCUT2D eigenvalue weighted by Gasteiger charge is -2.18. The summed E-state index contributed by atoms with van der Waals surface area (Å²) in [6.07, 6.45) is 0. The highest BCUT2D eigenvalue weighted by molar-refractivity contribution is 5.73. The Morgan fingerprint density at radius 2 is 2.27 bits per heavy atom. The van der Waals surface area contributed by atoms with Crippen molar-refractivity contribution in [3.05, 3.63) is 11.7 Å². The molecule has 2 N–H and O–H groups in total. The van der Waals surface area contributed by atoms with Gasteiger partial charge >= 0.3 is 5.97 Å². The number of nitrogens with zero attached hydrogens (tertiary/aromatic N) is 2. The van der Waals surface area contributed by atoms with Gasteiger partial charge in [-0.25, -0.2) is 0 Å². The molecule has 0 bridgehead atoms. The van der Waals surface area contributed by atoms with E-state index in [1.807, 2.05) is 0 Å². The molecule has 0 spiro atoms. The van der Waals surface area contributed by atoms with Gasteiger partial charge in [0.15, 0.2) is 5.82 Å². The van der Waals surface area contributed by atoms with E-state index in [0.717, 1.165) is 0 Å². The Balaban J connectivity index is 2.36. The number of nitrogens with one attached hydrogen (secondary N) is 1. The molecule has 0 aromatic carbocycles. The smallest absolute Gasteiger partial charge is 0.310 e. The molecule has 0 unspecified atom stereocenters. The lowest BCUT2D eigenvalue weighted by molar-refractivity contribution is -0.146. The second kappa shape index (κ2) is 4.39. The second-order valence-electron chi connectivity index (χ2n) is 4.02. The van der Waals surface area contributed by atoms with Crippen molar-refractivity contribution in [3.63, 3.8) is 0 Å². The molecule has 15 heavy (non-hydrogen) atoms. The molecule has 6 heteroatoms. The zero-order valence-corrected chi connectivity index (χ0v) is 9.07. The van der Waals surface area contributed by atoms with E-state index >= 15 is 0 Å². The van der Waals surface area contributed by atoms with Crippen molar-refractivity contribution in [3.8, 4) is 0 Å². The predicted octanol–water partition coefficient (Wildman–Crippen LogP) is 0.578. The largest absolute Gasteiger partial charge is 0.481 e. The van der Waals surface area contributed by atoms with Gasteiger partial charge < -0.3 is 14.9 Å². The molecule has 1 aromatic rings. The number of hydrogen-bond acceptors (Lipinski definition) is 5. The average Bonchev–Trinajstić information content (AvgIpc) is 2.51. The molecule has 0 radical (unpaired) electrons. The van der Waals surface area contributed by atoms with Crippen LogP contribution in [-0.2, 0) is 11.3 Å². The minimum Gasteiger partial charge on any atom is -0.481 e.